The van der Waals surface area contributed by atoms with E-state index in [1.165, 1.54) is 6.07 Å². The van der Waals surface area contributed by atoms with Crippen molar-refractivity contribution in [2.24, 2.45) is 5.41 Å². The molecule has 0 atom stereocenters. The van der Waals surface area contributed by atoms with Crippen molar-refractivity contribution in [2.45, 2.75) is 33.1 Å². The maximum absolute atomic E-state index is 13.1. The van der Waals surface area contributed by atoms with Crippen molar-refractivity contribution in [3.63, 3.8) is 0 Å². The van der Waals surface area contributed by atoms with Gasteiger partial charge in [0.15, 0.2) is 0 Å². The van der Waals surface area contributed by atoms with Gasteiger partial charge >= 0.3 is 12.4 Å². The number of carbonyl (C=O) groups excluding carboxylic acids is 1. The summed E-state index contributed by atoms with van der Waals surface area (Å²) in [6.45, 7) is 5.13. The summed E-state index contributed by atoms with van der Waals surface area (Å²) in [6.07, 6.45) is -8.53. The van der Waals surface area contributed by atoms with E-state index >= 15 is 0 Å². The largest absolute Gasteiger partial charge is 0.417 e. The first kappa shape index (κ1) is 25.6. The zero-order valence-corrected chi connectivity index (χ0v) is 18.1. The second-order valence-electron chi connectivity index (χ2n) is 7.87. The molecule has 0 saturated heterocycles. The Morgan fingerprint density at radius 3 is 2.03 bits per heavy atom. The van der Waals surface area contributed by atoms with Gasteiger partial charge in [0, 0.05) is 24.7 Å². The molecule has 0 aliphatic heterocycles. The van der Waals surface area contributed by atoms with Crippen LogP contribution in [0, 0.1) is 5.41 Å². The summed E-state index contributed by atoms with van der Waals surface area (Å²) in [7, 11) is 0. The van der Waals surface area contributed by atoms with Crippen LogP contribution in [0.15, 0.2) is 30.5 Å². The molecule has 5 nitrogen and oxygen atoms in total. The van der Waals surface area contributed by atoms with Crippen molar-refractivity contribution < 1.29 is 31.1 Å². The topological polar surface area (TPSA) is 66.1 Å². The zero-order valence-electron chi connectivity index (χ0n) is 17.3. The quantitative estimate of drug-likeness (QED) is 0.335. The number of halogens is 7. The number of amides is 1. The summed E-state index contributed by atoms with van der Waals surface area (Å²) >= 11 is 5.82. The molecule has 1 amide bonds. The van der Waals surface area contributed by atoms with Gasteiger partial charge in [0.05, 0.1) is 27.5 Å². The van der Waals surface area contributed by atoms with E-state index in [9.17, 15) is 31.1 Å². The van der Waals surface area contributed by atoms with Gasteiger partial charge in [0.1, 0.15) is 5.82 Å². The van der Waals surface area contributed by atoms with Crippen LogP contribution in [-0.4, -0.2) is 24.0 Å². The summed E-state index contributed by atoms with van der Waals surface area (Å²) < 4.78 is 77.2. The Hall–Kier alpha value is -2.69. The summed E-state index contributed by atoms with van der Waals surface area (Å²) in [5.41, 5.74) is -2.56. The number of aromatic nitrogens is 1. The highest BCUT2D eigenvalue weighted by Gasteiger charge is 2.32. The van der Waals surface area contributed by atoms with E-state index in [0.717, 1.165) is 18.2 Å². The Labute approximate surface area is 185 Å². The average molecular weight is 483 g/mol. The number of rotatable bonds is 6. The normalized spacial score (nSPS) is 12.4. The molecule has 0 fully saturated rings. The third kappa shape index (κ3) is 6.91. The minimum atomic E-state index is -4.59. The van der Waals surface area contributed by atoms with E-state index in [4.69, 9.17) is 11.6 Å². The maximum atomic E-state index is 13.1. The Bertz CT molecular complexity index is 970. The van der Waals surface area contributed by atoms with Gasteiger partial charge in [-0.2, -0.15) is 26.3 Å². The fourth-order valence-corrected chi connectivity index (χ4v) is 2.62. The summed E-state index contributed by atoms with van der Waals surface area (Å²) in [5.74, 6) is -0.450. The summed E-state index contributed by atoms with van der Waals surface area (Å²) in [6, 6.07) is 3.62. The van der Waals surface area contributed by atoms with Gasteiger partial charge in [-0.1, -0.05) is 32.4 Å². The molecule has 12 heteroatoms. The number of hydrogen-bond donors (Lipinski definition) is 3. The Kier molecular flexibility index (Phi) is 7.54. The lowest BCUT2D eigenvalue weighted by molar-refractivity contribution is -0.138. The molecule has 0 spiro atoms. The van der Waals surface area contributed by atoms with Crippen molar-refractivity contribution in [3.8, 4) is 0 Å². The molecular formula is C20H21ClF6N4O. The molecule has 1 aromatic carbocycles. The summed E-state index contributed by atoms with van der Waals surface area (Å²) in [4.78, 5) is 15.9. The van der Waals surface area contributed by atoms with E-state index in [1.807, 2.05) is 0 Å². The van der Waals surface area contributed by atoms with Crippen LogP contribution < -0.4 is 16.0 Å². The molecule has 32 heavy (non-hydrogen) atoms. The van der Waals surface area contributed by atoms with Gasteiger partial charge in [-0.15, -0.1) is 0 Å². The molecule has 0 aliphatic carbocycles. The third-order valence-corrected chi connectivity index (χ3v) is 4.47. The van der Waals surface area contributed by atoms with Gasteiger partial charge in [-0.3, -0.25) is 4.79 Å². The number of pyridine rings is 1. The van der Waals surface area contributed by atoms with E-state index < -0.39 is 34.8 Å². The van der Waals surface area contributed by atoms with Gasteiger partial charge in [0.25, 0.3) is 0 Å². The highest BCUT2D eigenvalue weighted by molar-refractivity contribution is 6.32. The number of anilines is 3. The van der Waals surface area contributed by atoms with Gasteiger partial charge in [0.2, 0.25) is 5.91 Å². The Morgan fingerprint density at radius 2 is 1.50 bits per heavy atom. The molecular weight excluding hydrogens is 462 g/mol. The van der Waals surface area contributed by atoms with Crippen LogP contribution >= 0.6 is 11.6 Å². The van der Waals surface area contributed by atoms with Crippen LogP contribution in [0.1, 0.15) is 31.9 Å². The van der Waals surface area contributed by atoms with E-state index in [0.29, 0.717) is 6.20 Å². The molecule has 0 unspecified atom stereocenters. The predicted octanol–water partition coefficient (Wildman–Crippen LogP) is 6.28. The van der Waals surface area contributed by atoms with Crippen molar-refractivity contribution in [3.05, 3.63) is 46.6 Å². The predicted molar refractivity (Wildman–Crippen MR) is 111 cm³/mol. The number of nitrogens with one attached hydrogen (secondary N) is 3. The number of nitrogens with zero attached hydrogens (tertiary/aromatic N) is 1. The first-order chi connectivity index (χ1) is 14.6. The molecule has 0 saturated carbocycles. The van der Waals surface area contributed by atoms with Crippen molar-refractivity contribution in [2.75, 3.05) is 29.0 Å². The number of carbonyl (C=O) groups is 1. The van der Waals surface area contributed by atoms with Crippen molar-refractivity contribution >= 4 is 34.7 Å². The highest BCUT2D eigenvalue weighted by Crippen LogP contribution is 2.35. The van der Waals surface area contributed by atoms with Crippen LogP contribution in [0.4, 0.5) is 43.5 Å². The second-order valence-corrected chi connectivity index (χ2v) is 8.28. The molecule has 2 aromatic rings. The lowest BCUT2D eigenvalue weighted by Crippen LogP contribution is -2.28. The fraction of sp³-hybridized carbons (Fsp3) is 0.400. The molecule has 2 rings (SSSR count). The molecule has 176 valence electrons. The Morgan fingerprint density at radius 1 is 0.906 bits per heavy atom. The number of benzene rings is 1. The third-order valence-electron chi connectivity index (χ3n) is 4.18. The fourth-order valence-electron chi connectivity index (χ4n) is 2.39. The van der Waals surface area contributed by atoms with Gasteiger partial charge in [-0.25, -0.2) is 4.98 Å². The van der Waals surface area contributed by atoms with Crippen LogP contribution in [-0.2, 0) is 17.1 Å². The molecule has 1 aromatic heterocycles. The van der Waals surface area contributed by atoms with Crippen LogP contribution in [0.2, 0.25) is 5.02 Å². The van der Waals surface area contributed by atoms with Crippen LogP contribution in [0.25, 0.3) is 0 Å². The maximum Gasteiger partial charge on any atom is 0.417 e. The van der Waals surface area contributed by atoms with E-state index in [-0.39, 0.29) is 35.3 Å². The molecule has 3 N–H and O–H groups in total. The molecule has 0 aliphatic rings. The zero-order chi connectivity index (χ0) is 24.3. The second kappa shape index (κ2) is 9.43. The highest BCUT2D eigenvalue weighted by atomic mass is 35.5. The lowest BCUT2D eigenvalue weighted by atomic mass is 9.95. The van der Waals surface area contributed by atoms with Crippen LogP contribution in [0.3, 0.4) is 0 Å². The monoisotopic (exact) mass is 482 g/mol. The standard InChI is InChI=1S/C20H21ClF6N4O/c1-18(2,3)17(32)31-15-9-11(19(22,23)24)4-5-14(15)28-6-7-29-16-13(21)8-12(10-30-16)20(25,26)27/h4-5,8-10,28H,6-7H2,1-3H3,(H,29,30)(H,31,32). The van der Waals surface area contributed by atoms with Crippen LogP contribution in [0.5, 0.6) is 0 Å². The van der Waals surface area contributed by atoms with Gasteiger partial charge < -0.3 is 16.0 Å². The first-order valence-corrected chi connectivity index (χ1v) is 9.70. The van der Waals surface area contributed by atoms with E-state index in [2.05, 4.69) is 20.9 Å². The average Bonchev–Trinajstić information content (AvgIpc) is 2.64. The lowest BCUT2D eigenvalue weighted by Gasteiger charge is -2.21. The number of alkyl halides is 6. The molecule has 0 bridgehead atoms. The van der Waals surface area contributed by atoms with E-state index in [1.54, 1.807) is 20.8 Å². The van der Waals surface area contributed by atoms with Crippen molar-refractivity contribution in [1.29, 1.82) is 0 Å². The van der Waals surface area contributed by atoms with Gasteiger partial charge in [-0.05, 0) is 24.3 Å². The molecule has 0 radical (unpaired) electrons. The minimum absolute atomic E-state index is 0.0233. The Balaban J connectivity index is 2.09. The minimum Gasteiger partial charge on any atom is -0.382 e. The first-order valence-electron chi connectivity index (χ1n) is 9.32. The summed E-state index contributed by atoms with van der Waals surface area (Å²) in [5, 5.41) is 7.88. The smallest absolute Gasteiger partial charge is 0.382 e. The van der Waals surface area contributed by atoms with Crippen molar-refractivity contribution in [1.82, 2.24) is 4.98 Å². The SMILES string of the molecule is CC(C)(C)C(=O)Nc1cc(C(F)(F)F)ccc1NCCNc1ncc(C(F)(F)F)cc1Cl. The number of hydrogen-bond acceptors (Lipinski definition) is 4. The molecule has 1 heterocycles.